The molecule has 2 heterocycles. The van der Waals surface area contributed by atoms with Crippen molar-refractivity contribution in [1.29, 1.82) is 0 Å². The van der Waals surface area contributed by atoms with E-state index in [4.69, 9.17) is 27.9 Å². The molecule has 1 aliphatic rings. The molecular weight excluding hydrogens is 433 g/mol. The lowest BCUT2D eigenvalue weighted by Gasteiger charge is -2.34. The van der Waals surface area contributed by atoms with Crippen molar-refractivity contribution in [2.24, 2.45) is 0 Å². The van der Waals surface area contributed by atoms with Crippen LogP contribution >= 0.6 is 34.5 Å². The van der Waals surface area contributed by atoms with E-state index in [1.54, 1.807) is 6.07 Å². The zero-order valence-corrected chi connectivity index (χ0v) is 18.7. The zero-order chi connectivity index (χ0) is 21.0. The highest BCUT2D eigenvalue weighted by Gasteiger charge is 2.21. The molecule has 1 N–H and O–H groups in total. The van der Waals surface area contributed by atoms with Gasteiger partial charge in [-0.1, -0.05) is 29.3 Å². The Kier molecular flexibility index (Phi) is 7.54. The summed E-state index contributed by atoms with van der Waals surface area (Å²) >= 11 is 13.4. The van der Waals surface area contributed by atoms with Gasteiger partial charge in [-0.25, -0.2) is 4.79 Å². The number of piperazine rings is 1. The normalized spacial score (nSPS) is 15.3. The number of nitrogens with one attached hydrogen (secondary N) is 1. The first-order valence-corrected chi connectivity index (χ1v) is 10.8. The van der Waals surface area contributed by atoms with Crippen molar-refractivity contribution in [3.8, 4) is 0 Å². The van der Waals surface area contributed by atoms with Gasteiger partial charge in [-0.15, -0.1) is 11.3 Å². The van der Waals surface area contributed by atoms with Crippen LogP contribution in [0.3, 0.4) is 0 Å². The molecule has 1 amide bonds. The van der Waals surface area contributed by atoms with Gasteiger partial charge in [0.1, 0.15) is 5.00 Å². The van der Waals surface area contributed by atoms with Gasteiger partial charge in [-0.2, -0.15) is 0 Å². The molecule has 3 rings (SSSR count). The van der Waals surface area contributed by atoms with Crippen molar-refractivity contribution in [2.75, 3.05) is 45.2 Å². The third-order valence-corrected chi connectivity index (χ3v) is 6.44. The van der Waals surface area contributed by atoms with E-state index >= 15 is 0 Å². The lowest BCUT2D eigenvalue weighted by Crippen LogP contribution is -2.48. The van der Waals surface area contributed by atoms with E-state index in [1.807, 2.05) is 25.1 Å². The van der Waals surface area contributed by atoms with Gasteiger partial charge in [0.05, 0.1) is 29.3 Å². The van der Waals surface area contributed by atoms with Crippen molar-refractivity contribution < 1.29 is 14.3 Å². The van der Waals surface area contributed by atoms with Crippen molar-refractivity contribution in [2.45, 2.75) is 13.5 Å². The van der Waals surface area contributed by atoms with Crippen molar-refractivity contribution in [1.82, 2.24) is 9.80 Å². The van der Waals surface area contributed by atoms with Crippen LogP contribution in [0.5, 0.6) is 0 Å². The summed E-state index contributed by atoms with van der Waals surface area (Å²) in [6, 6.07) is 7.42. The molecule has 1 aromatic carbocycles. The number of ether oxygens (including phenoxy) is 1. The second-order valence-electron chi connectivity index (χ2n) is 6.94. The molecule has 1 aromatic heterocycles. The number of benzene rings is 1. The molecule has 1 fully saturated rings. The number of anilines is 1. The third-order valence-electron chi connectivity index (χ3n) is 4.74. The molecule has 0 spiro atoms. The number of methoxy groups -OCH3 is 1. The van der Waals surface area contributed by atoms with Crippen LogP contribution in [0.15, 0.2) is 24.3 Å². The Morgan fingerprint density at radius 1 is 1.10 bits per heavy atom. The van der Waals surface area contributed by atoms with Gasteiger partial charge in [-0.05, 0) is 30.7 Å². The first kappa shape index (κ1) is 22.1. The van der Waals surface area contributed by atoms with E-state index < -0.39 is 5.97 Å². The zero-order valence-electron chi connectivity index (χ0n) is 16.3. The number of aryl methyl sites for hydroxylation is 1. The highest BCUT2D eigenvalue weighted by atomic mass is 35.5. The first-order valence-electron chi connectivity index (χ1n) is 9.23. The Labute approximate surface area is 184 Å². The average Bonchev–Trinajstić information content (AvgIpc) is 3.05. The van der Waals surface area contributed by atoms with E-state index in [2.05, 4.69) is 15.1 Å². The van der Waals surface area contributed by atoms with Crippen LogP contribution in [0.4, 0.5) is 5.00 Å². The maximum atomic E-state index is 12.5. The number of carbonyl (C=O) groups excluding carboxylic acids is 2. The largest absolute Gasteiger partial charge is 0.465 e. The molecule has 0 radical (unpaired) electrons. The minimum Gasteiger partial charge on any atom is -0.465 e. The van der Waals surface area contributed by atoms with Crippen LogP contribution in [-0.2, 0) is 16.1 Å². The van der Waals surface area contributed by atoms with E-state index in [9.17, 15) is 9.59 Å². The molecule has 0 atom stereocenters. The molecule has 1 aliphatic heterocycles. The molecule has 0 unspecified atom stereocenters. The number of carbonyl (C=O) groups is 2. The van der Waals surface area contributed by atoms with E-state index in [0.29, 0.717) is 20.6 Å². The summed E-state index contributed by atoms with van der Waals surface area (Å²) in [5.74, 6) is -0.574. The lowest BCUT2D eigenvalue weighted by atomic mass is 10.2. The third kappa shape index (κ3) is 5.93. The van der Waals surface area contributed by atoms with Gasteiger partial charge in [0.25, 0.3) is 0 Å². The molecule has 9 heteroatoms. The number of amides is 1. The van der Waals surface area contributed by atoms with Crippen molar-refractivity contribution >= 4 is 51.4 Å². The highest BCUT2D eigenvalue weighted by Crippen LogP contribution is 2.28. The second-order valence-corrected chi connectivity index (χ2v) is 9.01. The fourth-order valence-electron chi connectivity index (χ4n) is 3.24. The standard InChI is InChI=1S/C20H23Cl2N3O3S/c1-13-9-15(20(27)28-2)19(29-13)23-18(26)12-25-7-5-24(6-8-25)11-14-3-4-16(21)17(22)10-14/h3-4,9-10H,5-8,11-12H2,1-2H3,(H,23,26). The monoisotopic (exact) mass is 455 g/mol. The Morgan fingerprint density at radius 2 is 1.79 bits per heavy atom. The molecule has 29 heavy (non-hydrogen) atoms. The minimum absolute atomic E-state index is 0.130. The minimum atomic E-state index is -0.444. The summed E-state index contributed by atoms with van der Waals surface area (Å²) in [4.78, 5) is 29.7. The highest BCUT2D eigenvalue weighted by molar-refractivity contribution is 7.16. The van der Waals surface area contributed by atoms with Gasteiger partial charge in [-0.3, -0.25) is 14.6 Å². The fraction of sp³-hybridized carbons (Fsp3) is 0.400. The molecule has 0 aliphatic carbocycles. The molecular formula is C20H23Cl2N3O3S. The lowest BCUT2D eigenvalue weighted by molar-refractivity contribution is -0.117. The predicted molar refractivity (Wildman–Crippen MR) is 117 cm³/mol. The molecule has 6 nitrogen and oxygen atoms in total. The van der Waals surface area contributed by atoms with Gasteiger partial charge in [0.2, 0.25) is 5.91 Å². The van der Waals surface area contributed by atoms with Gasteiger partial charge < -0.3 is 10.1 Å². The van der Waals surface area contributed by atoms with E-state index in [-0.39, 0.29) is 12.5 Å². The summed E-state index contributed by atoms with van der Waals surface area (Å²) in [6.07, 6.45) is 0. The van der Waals surface area contributed by atoms with Gasteiger partial charge in [0.15, 0.2) is 0 Å². The van der Waals surface area contributed by atoms with Crippen LogP contribution in [-0.4, -0.2) is 61.5 Å². The summed E-state index contributed by atoms with van der Waals surface area (Å²) in [7, 11) is 1.33. The molecule has 156 valence electrons. The topological polar surface area (TPSA) is 61.9 Å². The number of halogens is 2. The number of esters is 1. The number of nitrogens with zero attached hydrogens (tertiary/aromatic N) is 2. The molecule has 1 saturated heterocycles. The molecule has 0 bridgehead atoms. The van der Waals surface area contributed by atoms with E-state index in [0.717, 1.165) is 43.2 Å². The second kappa shape index (κ2) is 9.91. The summed E-state index contributed by atoms with van der Waals surface area (Å²) in [5, 5.41) is 4.51. The quantitative estimate of drug-likeness (QED) is 0.668. The summed E-state index contributed by atoms with van der Waals surface area (Å²) in [6.45, 7) is 6.29. The Bertz CT molecular complexity index is 895. The Hall–Kier alpha value is -1.64. The first-order chi connectivity index (χ1) is 13.9. The SMILES string of the molecule is COC(=O)c1cc(C)sc1NC(=O)CN1CCN(Cc2ccc(Cl)c(Cl)c2)CC1. The van der Waals surface area contributed by atoms with Gasteiger partial charge >= 0.3 is 5.97 Å². The Balaban J connectivity index is 1.48. The maximum absolute atomic E-state index is 12.5. The smallest absolute Gasteiger partial charge is 0.340 e. The van der Waals surface area contributed by atoms with Crippen LogP contribution in [0, 0.1) is 6.92 Å². The van der Waals surface area contributed by atoms with Crippen LogP contribution in [0.2, 0.25) is 10.0 Å². The summed E-state index contributed by atoms with van der Waals surface area (Å²) in [5.41, 5.74) is 1.52. The van der Waals surface area contributed by atoms with Crippen LogP contribution in [0.1, 0.15) is 20.8 Å². The summed E-state index contributed by atoms with van der Waals surface area (Å²) < 4.78 is 4.78. The molecule has 0 saturated carbocycles. The van der Waals surface area contributed by atoms with Crippen LogP contribution in [0.25, 0.3) is 0 Å². The van der Waals surface area contributed by atoms with Gasteiger partial charge in [0, 0.05) is 37.6 Å². The maximum Gasteiger partial charge on any atom is 0.340 e. The Morgan fingerprint density at radius 3 is 2.45 bits per heavy atom. The fourth-order valence-corrected chi connectivity index (χ4v) is 4.48. The van der Waals surface area contributed by atoms with Crippen molar-refractivity contribution in [3.63, 3.8) is 0 Å². The van der Waals surface area contributed by atoms with Crippen LogP contribution < -0.4 is 5.32 Å². The number of rotatable bonds is 6. The predicted octanol–water partition coefficient (Wildman–Crippen LogP) is 3.91. The molecule has 2 aromatic rings. The number of thiophene rings is 1. The number of hydrogen-bond acceptors (Lipinski definition) is 6. The number of hydrogen-bond donors (Lipinski definition) is 1. The van der Waals surface area contributed by atoms with Crippen molar-refractivity contribution in [3.05, 3.63) is 50.3 Å². The van der Waals surface area contributed by atoms with E-state index in [1.165, 1.54) is 18.4 Å². The average molecular weight is 456 g/mol.